The van der Waals surface area contributed by atoms with Crippen molar-refractivity contribution in [2.45, 2.75) is 19.8 Å². The summed E-state index contributed by atoms with van der Waals surface area (Å²) in [6, 6.07) is 5.37. The molecule has 6 nitrogen and oxygen atoms in total. The molecule has 0 saturated heterocycles. The molecule has 0 atom stereocenters. The lowest BCUT2D eigenvalue weighted by atomic mass is 10.0. The molecule has 3 rings (SSSR count). The molecular formula is C17H18N2O4S. The van der Waals surface area contributed by atoms with Crippen molar-refractivity contribution in [3.8, 4) is 5.75 Å². The molecule has 0 aliphatic carbocycles. The van der Waals surface area contributed by atoms with E-state index in [1.807, 2.05) is 19.1 Å². The highest BCUT2D eigenvalue weighted by Gasteiger charge is 2.15. The van der Waals surface area contributed by atoms with Crippen LogP contribution in [0.4, 0.5) is 0 Å². The van der Waals surface area contributed by atoms with Gasteiger partial charge in [0.2, 0.25) is 5.91 Å². The highest BCUT2D eigenvalue weighted by atomic mass is 32.2. The molecule has 1 aliphatic rings. The number of nitrogens with one attached hydrogen (secondary N) is 1. The number of hydrogen-bond donors (Lipinski definition) is 1. The Kier molecular flexibility index (Phi) is 4.89. The van der Waals surface area contributed by atoms with Gasteiger partial charge in [-0.3, -0.25) is 9.79 Å². The van der Waals surface area contributed by atoms with Crippen LogP contribution in [0.15, 0.2) is 32.4 Å². The van der Waals surface area contributed by atoms with Gasteiger partial charge in [0.25, 0.3) is 0 Å². The Hall–Kier alpha value is -2.28. The number of ether oxygens (including phenoxy) is 1. The first-order valence-corrected chi connectivity index (χ1v) is 8.64. The van der Waals surface area contributed by atoms with Gasteiger partial charge >= 0.3 is 5.63 Å². The second-order valence-corrected chi connectivity index (χ2v) is 6.52. The lowest BCUT2D eigenvalue weighted by Crippen LogP contribution is -2.28. The van der Waals surface area contributed by atoms with Crippen LogP contribution in [0.1, 0.15) is 17.5 Å². The summed E-state index contributed by atoms with van der Waals surface area (Å²) in [6.45, 7) is 2.60. The summed E-state index contributed by atoms with van der Waals surface area (Å²) in [4.78, 5) is 28.4. The average molecular weight is 346 g/mol. The van der Waals surface area contributed by atoms with Crippen LogP contribution in [0.3, 0.4) is 0 Å². The minimum absolute atomic E-state index is 0.142. The van der Waals surface area contributed by atoms with Crippen LogP contribution in [0.5, 0.6) is 5.75 Å². The quantitative estimate of drug-likeness (QED) is 0.859. The SMILES string of the molecule is COc1ccc2c(C)c(CCC(=O)NC3=NCCS3)c(=O)oc2c1. The van der Waals surface area contributed by atoms with Gasteiger partial charge in [0.15, 0.2) is 5.17 Å². The van der Waals surface area contributed by atoms with E-state index in [-0.39, 0.29) is 12.3 Å². The zero-order valence-corrected chi connectivity index (χ0v) is 14.4. The van der Waals surface area contributed by atoms with Crippen LogP contribution in [0, 0.1) is 6.92 Å². The average Bonchev–Trinajstić information content (AvgIpc) is 3.06. The topological polar surface area (TPSA) is 80.9 Å². The number of rotatable bonds is 4. The number of aliphatic imine (C=N–C) groups is 1. The van der Waals surface area contributed by atoms with Crippen LogP contribution < -0.4 is 15.7 Å². The fraction of sp³-hybridized carbons (Fsp3) is 0.353. The molecular weight excluding hydrogens is 328 g/mol. The second kappa shape index (κ2) is 7.09. The van der Waals surface area contributed by atoms with Gasteiger partial charge in [0.05, 0.1) is 13.7 Å². The van der Waals surface area contributed by atoms with Gasteiger partial charge < -0.3 is 14.5 Å². The molecule has 1 aromatic carbocycles. The maximum atomic E-state index is 12.2. The monoisotopic (exact) mass is 346 g/mol. The Balaban J connectivity index is 1.79. The van der Waals surface area contributed by atoms with Crippen LogP contribution in [-0.2, 0) is 11.2 Å². The number of amides is 1. The fourth-order valence-electron chi connectivity index (χ4n) is 2.62. The van der Waals surface area contributed by atoms with E-state index >= 15 is 0 Å². The zero-order chi connectivity index (χ0) is 17.1. The van der Waals surface area contributed by atoms with Crippen molar-refractivity contribution in [3.63, 3.8) is 0 Å². The summed E-state index contributed by atoms with van der Waals surface area (Å²) >= 11 is 1.53. The van der Waals surface area contributed by atoms with Crippen molar-refractivity contribution in [2.75, 3.05) is 19.4 Å². The van der Waals surface area contributed by atoms with Crippen molar-refractivity contribution in [1.29, 1.82) is 0 Å². The number of thioether (sulfide) groups is 1. The van der Waals surface area contributed by atoms with Crippen molar-refractivity contribution in [1.82, 2.24) is 5.32 Å². The molecule has 2 aromatic rings. The number of aryl methyl sites for hydroxylation is 1. The van der Waals surface area contributed by atoms with Gasteiger partial charge in [-0.25, -0.2) is 4.79 Å². The third-order valence-corrected chi connectivity index (χ3v) is 4.82. The van der Waals surface area contributed by atoms with E-state index in [2.05, 4.69) is 10.3 Å². The maximum Gasteiger partial charge on any atom is 0.339 e. The molecule has 0 fully saturated rings. The van der Waals surface area contributed by atoms with Crippen LogP contribution >= 0.6 is 11.8 Å². The van der Waals surface area contributed by atoms with E-state index in [4.69, 9.17) is 9.15 Å². The Morgan fingerprint density at radius 1 is 1.46 bits per heavy atom. The standard InChI is InChI=1S/C17H18N2O4S/c1-10-12-4-3-11(22-2)9-14(12)23-16(21)13(10)5-6-15(20)19-17-18-7-8-24-17/h3-4,9H,5-8H2,1-2H3,(H,18,19,20). The molecule has 126 valence electrons. The molecule has 24 heavy (non-hydrogen) atoms. The summed E-state index contributed by atoms with van der Waals surface area (Å²) in [5.41, 5.74) is 1.45. The van der Waals surface area contributed by atoms with Crippen molar-refractivity contribution < 1.29 is 13.9 Å². The molecule has 2 heterocycles. The van der Waals surface area contributed by atoms with Crippen LogP contribution in [0.2, 0.25) is 0 Å². The first kappa shape index (κ1) is 16.6. The van der Waals surface area contributed by atoms with Crippen LogP contribution in [-0.4, -0.2) is 30.5 Å². The van der Waals surface area contributed by atoms with Crippen molar-refractivity contribution in [3.05, 3.63) is 39.7 Å². The Morgan fingerprint density at radius 3 is 3.00 bits per heavy atom. The first-order chi connectivity index (χ1) is 11.6. The van der Waals surface area contributed by atoms with Crippen molar-refractivity contribution >= 4 is 33.8 Å². The molecule has 1 aliphatic heterocycles. The number of amidine groups is 1. The van der Waals surface area contributed by atoms with E-state index in [9.17, 15) is 9.59 Å². The third kappa shape index (κ3) is 3.46. The van der Waals surface area contributed by atoms with Gasteiger partial charge in [0.1, 0.15) is 11.3 Å². The molecule has 0 radical (unpaired) electrons. The Morgan fingerprint density at radius 2 is 2.29 bits per heavy atom. The molecule has 1 N–H and O–H groups in total. The lowest BCUT2D eigenvalue weighted by molar-refractivity contribution is -0.119. The van der Waals surface area contributed by atoms with E-state index in [0.717, 1.165) is 23.2 Å². The zero-order valence-electron chi connectivity index (χ0n) is 13.5. The summed E-state index contributed by atoms with van der Waals surface area (Å²) in [7, 11) is 1.56. The minimum Gasteiger partial charge on any atom is -0.497 e. The molecule has 0 bridgehead atoms. The highest BCUT2D eigenvalue weighted by molar-refractivity contribution is 8.14. The second-order valence-electron chi connectivity index (χ2n) is 5.44. The van der Waals surface area contributed by atoms with E-state index in [0.29, 0.717) is 28.5 Å². The minimum atomic E-state index is -0.409. The van der Waals surface area contributed by atoms with Gasteiger partial charge in [-0.05, 0) is 31.0 Å². The summed E-state index contributed by atoms with van der Waals surface area (Å²) in [5.74, 6) is 1.38. The molecule has 7 heteroatoms. The van der Waals surface area contributed by atoms with Crippen LogP contribution in [0.25, 0.3) is 11.0 Å². The summed E-state index contributed by atoms with van der Waals surface area (Å²) < 4.78 is 10.5. The Bertz CT molecular complexity index is 873. The largest absolute Gasteiger partial charge is 0.497 e. The molecule has 1 amide bonds. The lowest BCUT2D eigenvalue weighted by Gasteiger charge is -2.09. The predicted octanol–water partition coefficient (Wildman–Crippen LogP) is 2.26. The molecule has 0 spiro atoms. The first-order valence-electron chi connectivity index (χ1n) is 7.66. The highest BCUT2D eigenvalue weighted by Crippen LogP contribution is 2.24. The van der Waals surface area contributed by atoms with E-state index < -0.39 is 5.63 Å². The predicted molar refractivity (Wildman–Crippen MR) is 95.0 cm³/mol. The molecule has 1 aromatic heterocycles. The third-order valence-electron chi connectivity index (χ3n) is 3.93. The number of fused-ring (bicyclic) bond motifs is 1. The fourth-order valence-corrected chi connectivity index (χ4v) is 3.37. The normalized spacial score (nSPS) is 13.8. The maximum absolute atomic E-state index is 12.2. The Labute approximate surface area is 143 Å². The number of carbonyl (C=O) groups excluding carboxylic acids is 1. The number of hydrogen-bond acceptors (Lipinski definition) is 6. The van der Waals surface area contributed by atoms with Gasteiger partial charge in [-0.15, -0.1) is 0 Å². The van der Waals surface area contributed by atoms with Crippen molar-refractivity contribution in [2.24, 2.45) is 4.99 Å². The van der Waals surface area contributed by atoms with Gasteiger partial charge in [-0.2, -0.15) is 0 Å². The van der Waals surface area contributed by atoms with Gasteiger partial charge in [0, 0.05) is 29.2 Å². The van der Waals surface area contributed by atoms with E-state index in [1.165, 1.54) is 11.8 Å². The number of nitrogens with zero attached hydrogens (tertiary/aromatic N) is 1. The smallest absolute Gasteiger partial charge is 0.339 e. The summed E-state index contributed by atoms with van der Waals surface area (Å²) in [6.07, 6.45) is 0.548. The summed E-state index contributed by atoms with van der Waals surface area (Å²) in [5, 5.41) is 4.28. The number of benzene rings is 1. The van der Waals surface area contributed by atoms with Gasteiger partial charge in [-0.1, -0.05) is 11.8 Å². The number of carbonyl (C=O) groups is 1. The molecule has 0 saturated carbocycles. The molecule has 0 unspecified atom stereocenters. The van der Waals surface area contributed by atoms with E-state index in [1.54, 1.807) is 13.2 Å². The number of methoxy groups -OCH3 is 1.